The first-order chi connectivity index (χ1) is 5.81. The van der Waals surface area contributed by atoms with Crippen molar-refractivity contribution < 1.29 is 9.47 Å². The van der Waals surface area contributed by atoms with E-state index in [1.165, 1.54) is 0 Å². The van der Waals surface area contributed by atoms with Gasteiger partial charge in [0.15, 0.2) is 0 Å². The molecule has 0 heterocycles. The summed E-state index contributed by atoms with van der Waals surface area (Å²) in [6.45, 7) is 0. The second-order valence-corrected chi connectivity index (χ2v) is 3.18. The summed E-state index contributed by atoms with van der Waals surface area (Å²) in [5.41, 5.74) is 0. The first kappa shape index (κ1) is 9.50. The second-order valence-electron chi connectivity index (χ2n) is 3.18. The molecule has 0 N–H and O–H groups in total. The van der Waals surface area contributed by atoms with Gasteiger partial charge in [-0.3, -0.25) is 0 Å². The molecular weight excluding hydrogens is 154 g/mol. The Kier molecular flexibility index (Phi) is 3.51. The van der Waals surface area contributed by atoms with Crippen LogP contribution in [0.2, 0.25) is 0 Å². The zero-order valence-corrected chi connectivity index (χ0v) is 7.62. The Morgan fingerprint density at radius 2 is 2.00 bits per heavy atom. The molecule has 0 aliphatic heterocycles. The lowest BCUT2D eigenvalue weighted by molar-refractivity contribution is -0.0273. The highest BCUT2D eigenvalue weighted by Gasteiger charge is 2.30. The summed E-state index contributed by atoms with van der Waals surface area (Å²) in [4.78, 5) is 0. The Hall–Kier alpha value is -0.590. The first-order valence-electron chi connectivity index (χ1n) is 4.27. The van der Waals surface area contributed by atoms with E-state index in [0.717, 1.165) is 19.3 Å². The molecule has 1 fully saturated rings. The number of hydrogen-bond acceptors (Lipinski definition) is 3. The van der Waals surface area contributed by atoms with Crippen LogP contribution in [0.5, 0.6) is 0 Å². The zero-order chi connectivity index (χ0) is 8.97. The van der Waals surface area contributed by atoms with Crippen LogP contribution in [0, 0.1) is 17.2 Å². The average Bonchev–Trinajstić information content (AvgIpc) is 2.16. The summed E-state index contributed by atoms with van der Waals surface area (Å²) in [5.74, 6) is 0.0569. The van der Waals surface area contributed by atoms with Gasteiger partial charge in [0.2, 0.25) is 0 Å². The van der Waals surface area contributed by atoms with Crippen molar-refractivity contribution >= 4 is 0 Å². The number of nitrogens with zero attached hydrogens (tertiary/aromatic N) is 1. The summed E-state index contributed by atoms with van der Waals surface area (Å²) < 4.78 is 10.5. The number of hydrogen-bond donors (Lipinski definition) is 0. The van der Waals surface area contributed by atoms with Crippen LogP contribution in [0.15, 0.2) is 0 Å². The summed E-state index contributed by atoms with van der Waals surface area (Å²) in [6, 6.07) is 2.27. The van der Waals surface area contributed by atoms with Crippen LogP contribution < -0.4 is 0 Å². The van der Waals surface area contributed by atoms with Gasteiger partial charge in [-0.1, -0.05) is 0 Å². The zero-order valence-electron chi connectivity index (χ0n) is 7.62. The number of rotatable bonds is 2. The van der Waals surface area contributed by atoms with E-state index >= 15 is 0 Å². The minimum absolute atomic E-state index is 0.0569. The van der Waals surface area contributed by atoms with E-state index in [4.69, 9.17) is 14.7 Å². The maximum Gasteiger partial charge on any atom is 0.0754 e. The lowest BCUT2D eigenvalue weighted by Crippen LogP contribution is -2.33. The maximum absolute atomic E-state index is 8.78. The van der Waals surface area contributed by atoms with Crippen LogP contribution in [0.1, 0.15) is 19.3 Å². The third kappa shape index (κ3) is 1.96. The SMILES string of the molecule is COC1CCC(C#N)C(OC)C1. The quantitative estimate of drug-likeness (QED) is 0.626. The number of methoxy groups -OCH3 is 2. The van der Waals surface area contributed by atoms with Gasteiger partial charge in [-0.25, -0.2) is 0 Å². The van der Waals surface area contributed by atoms with Crippen molar-refractivity contribution in [2.45, 2.75) is 31.5 Å². The fourth-order valence-corrected chi connectivity index (χ4v) is 1.71. The molecule has 0 aromatic carbocycles. The van der Waals surface area contributed by atoms with Gasteiger partial charge in [0.1, 0.15) is 0 Å². The van der Waals surface area contributed by atoms with E-state index in [-0.39, 0.29) is 18.1 Å². The van der Waals surface area contributed by atoms with Crippen molar-refractivity contribution in [1.82, 2.24) is 0 Å². The molecule has 1 saturated carbocycles. The second kappa shape index (κ2) is 4.44. The molecule has 0 saturated heterocycles. The molecule has 1 aliphatic rings. The van der Waals surface area contributed by atoms with Crippen molar-refractivity contribution in [1.29, 1.82) is 5.26 Å². The Bertz CT molecular complexity index is 176. The predicted molar refractivity (Wildman–Crippen MR) is 44.5 cm³/mol. The van der Waals surface area contributed by atoms with Crippen LogP contribution in [-0.4, -0.2) is 26.4 Å². The molecule has 0 aromatic rings. The summed E-state index contributed by atoms with van der Waals surface area (Å²) >= 11 is 0. The largest absolute Gasteiger partial charge is 0.381 e. The molecule has 3 heteroatoms. The predicted octanol–water partition coefficient (Wildman–Crippen LogP) is 1.34. The highest BCUT2D eigenvalue weighted by Crippen LogP contribution is 2.27. The molecule has 1 rings (SSSR count). The lowest BCUT2D eigenvalue weighted by atomic mass is 9.85. The Morgan fingerprint density at radius 1 is 1.25 bits per heavy atom. The van der Waals surface area contributed by atoms with Crippen molar-refractivity contribution in [3.63, 3.8) is 0 Å². The molecular formula is C9H15NO2. The summed E-state index contributed by atoms with van der Waals surface area (Å²) in [5, 5.41) is 8.78. The maximum atomic E-state index is 8.78. The van der Waals surface area contributed by atoms with E-state index in [1.807, 2.05) is 0 Å². The highest BCUT2D eigenvalue weighted by atomic mass is 16.5. The molecule has 68 valence electrons. The van der Waals surface area contributed by atoms with Gasteiger partial charge in [0.05, 0.1) is 24.2 Å². The van der Waals surface area contributed by atoms with E-state index < -0.39 is 0 Å². The van der Waals surface area contributed by atoms with E-state index in [9.17, 15) is 0 Å². The van der Waals surface area contributed by atoms with Crippen LogP contribution in [0.3, 0.4) is 0 Å². The lowest BCUT2D eigenvalue weighted by Gasteiger charge is -2.30. The molecule has 0 amide bonds. The average molecular weight is 169 g/mol. The Labute approximate surface area is 73.3 Å². The molecule has 0 spiro atoms. The minimum Gasteiger partial charge on any atom is -0.381 e. The van der Waals surface area contributed by atoms with Crippen molar-refractivity contribution in [3.8, 4) is 6.07 Å². The molecule has 0 bridgehead atoms. The Morgan fingerprint density at radius 3 is 2.50 bits per heavy atom. The van der Waals surface area contributed by atoms with Crippen LogP contribution >= 0.6 is 0 Å². The van der Waals surface area contributed by atoms with Crippen LogP contribution in [0.4, 0.5) is 0 Å². The van der Waals surface area contributed by atoms with Crippen molar-refractivity contribution in [3.05, 3.63) is 0 Å². The van der Waals surface area contributed by atoms with Gasteiger partial charge >= 0.3 is 0 Å². The minimum atomic E-state index is 0.0569. The number of ether oxygens (including phenoxy) is 2. The van der Waals surface area contributed by atoms with Crippen molar-refractivity contribution in [2.75, 3.05) is 14.2 Å². The van der Waals surface area contributed by atoms with Crippen LogP contribution in [-0.2, 0) is 9.47 Å². The van der Waals surface area contributed by atoms with Crippen molar-refractivity contribution in [2.24, 2.45) is 5.92 Å². The molecule has 1 aliphatic carbocycles. The summed E-state index contributed by atoms with van der Waals surface area (Å²) in [7, 11) is 3.37. The number of nitriles is 1. The summed E-state index contributed by atoms with van der Waals surface area (Å²) in [6.07, 6.45) is 3.07. The van der Waals surface area contributed by atoms with Gasteiger partial charge in [-0.2, -0.15) is 5.26 Å². The standard InChI is InChI=1S/C9H15NO2/c1-11-8-4-3-7(6-10)9(5-8)12-2/h7-9H,3-5H2,1-2H3. The molecule has 0 radical (unpaired) electrons. The third-order valence-corrected chi connectivity index (χ3v) is 2.55. The van der Waals surface area contributed by atoms with E-state index in [1.54, 1.807) is 14.2 Å². The fraction of sp³-hybridized carbons (Fsp3) is 0.889. The fourth-order valence-electron chi connectivity index (χ4n) is 1.71. The molecule has 12 heavy (non-hydrogen) atoms. The normalized spacial score (nSPS) is 35.9. The first-order valence-corrected chi connectivity index (χ1v) is 4.27. The molecule has 0 aromatic heterocycles. The molecule has 3 unspecified atom stereocenters. The smallest absolute Gasteiger partial charge is 0.0754 e. The van der Waals surface area contributed by atoms with Gasteiger partial charge in [0, 0.05) is 20.6 Å². The van der Waals surface area contributed by atoms with Gasteiger partial charge in [-0.15, -0.1) is 0 Å². The monoisotopic (exact) mass is 169 g/mol. The molecule has 3 nitrogen and oxygen atoms in total. The molecule has 3 atom stereocenters. The van der Waals surface area contributed by atoms with Gasteiger partial charge in [0.25, 0.3) is 0 Å². The van der Waals surface area contributed by atoms with Gasteiger partial charge < -0.3 is 9.47 Å². The third-order valence-electron chi connectivity index (χ3n) is 2.55. The Balaban J connectivity index is 2.48. The van der Waals surface area contributed by atoms with Crippen LogP contribution in [0.25, 0.3) is 0 Å². The van der Waals surface area contributed by atoms with E-state index in [0.29, 0.717) is 0 Å². The highest BCUT2D eigenvalue weighted by molar-refractivity contribution is 4.93. The van der Waals surface area contributed by atoms with Gasteiger partial charge in [-0.05, 0) is 12.8 Å². The topological polar surface area (TPSA) is 42.2 Å². The van der Waals surface area contributed by atoms with E-state index in [2.05, 4.69) is 6.07 Å².